The predicted octanol–water partition coefficient (Wildman–Crippen LogP) is -0.206. The Morgan fingerprint density at radius 1 is 1.44 bits per heavy atom. The van der Waals surface area contributed by atoms with Gasteiger partial charge in [0.1, 0.15) is 6.04 Å². The van der Waals surface area contributed by atoms with Crippen LogP contribution in [0, 0.1) is 5.92 Å². The molecule has 0 aromatic carbocycles. The maximum absolute atomic E-state index is 11.9. The van der Waals surface area contributed by atoms with Crippen LogP contribution in [0.1, 0.15) is 37.0 Å². The molecule has 7 nitrogen and oxygen atoms in total. The van der Waals surface area contributed by atoms with Crippen LogP contribution in [0.25, 0.3) is 0 Å². The first-order chi connectivity index (χ1) is 8.38. The lowest BCUT2D eigenvalue weighted by Gasteiger charge is -2.18. The van der Waals surface area contributed by atoms with E-state index in [1.807, 2.05) is 6.92 Å². The molecule has 2 amide bonds. The Labute approximate surface area is 105 Å². The largest absolute Gasteiger partial charge is 0.395 e. The van der Waals surface area contributed by atoms with E-state index in [9.17, 15) is 9.59 Å². The zero-order valence-electron chi connectivity index (χ0n) is 10.8. The first-order valence-electron chi connectivity index (χ1n) is 5.81. The van der Waals surface area contributed by atoms with Crippen LogP contribution in [-0.4, -0.2) is 28.1 Å². The Bertz CT molecular complexity index is 452. The normalized spacial score (nSPS) is 12.4. The second-order valence-corrected chi connectivity index (χ2v) is 4.42. The van der Waals surface area contributed by atoms with Gasteiger partial charge in [-0.15, -0.1) is 0 Å². The molecule has 0 saturated carbocycles. The lowest BCUT2D eigenvalue weighted by molar-refractivity contribution is -0.120. The molecule has 0 aliphatic carbocycles. The average Bonchev–Trinajstić information content (AvgIpc) is 2.66. The third kappa shape index (κ3) is 2.79. The van der Waals surface area contributed by atoms with Crippen molar-refractivity contribution in [2.45, 2.75) is 33.2 Å². The van der Waals surface area contributed by atoms with Crippen molar-refractivity contribution < 1.29 is 9.59 Å². The van der Waals surface area contributed by atoms with Crippen molar-refractivity contribution in [3.05, 3.63) is 11.4 Å². The van der Waals surface area contributed by atoms with Crippen molar-refractivity contribution in [1.82, 2.24) is 15.5 Å². The predicted molar refractivity (Wildman–Crippen MR) is 67.7 cm³/mol. The number of anilines is 1. The van der Waals surface area contributed by atoms with E-state index in [0.717, 1.165) is 0 Å². The van der Waals surface area contributed by atoms with Gasteiger partial charge in [-0.25, -0.2) is 0 Å². The summed E-state index contributed by atoms with van der Waals surface area (Å²) in [5, 5.41) is 9.06. The number of amides is 2. The number of nitrogens with zero attached hydrogens (tertiary/aromatic N) is 1. The minimum Gasteiger partial charge on any atom is -0.395 e. The minimum absolute atomic E-state index is 0.0961. The average molecular weight is 253 g/mol. The highest BCUT2D eigenvalue weighted by atomic mass is 16.2. The Morgan fingerprint density at radius 3 is 2.44 bits per heavy atom. The van der Waals surface area contributed by atoms with Crippen LogP contribution < -0.4 is 16.8 Å². The second kappa shape index (κ2) is 5.52. The van der Waals surface area contributed by atoms with E-state index in [1.165, 1.54) is 0 Å². The second-order valence-electron chi connectivity index (χ2n) is 4.42. The number of H-pyrrole nitrogens is 1. The summed E-state index contributed by atoms with van der Waals surface area (Å²) in [4.78, 5) is 23.1. The molecular formula is C11H19N5O2. The molecule has 1 heterocycles. The number of primary amides is 1. The van der Waals surface area contributed by atoms with E-state index in [4.69, 9.17) is 11.5 Å². The van der Waals surface area contributed by atoms with E-state index < -0.39 is 17.9 Å². The molecule has 0 aliphatic rings. The summed E-state index contributed by atoms with van der Waals surface area (Å²) >= 11 is 0. The molecule has 1 aromatic heterocycles. The summed E-state index contributed by atoms with van der Waals surface area (Å²) in [5.41, 5.74) is 12.1. The van der Waals surface area contributed by atoms with Crippen molar-refractivity contribution in [3.63, 3.8) is 0 Å². The SMILES string of the molecule is CCc1[nH]nc(C(=O)NC(C(N)=O)C(C)C)c1N. The van der Waals surface area contributed by atoms with Crippen molar-refractivity contribution in [3.8, 4) is 0 Å². The summed E-state index contributed by atoms with van der Waals surface area (Å²) in [7, 11) is 0. The molecule has 0 radical (unpaired) electrons. The molecule has 18 heavy (non-hydrogen) atoms. The molecule has 1 rings (SSSR count). The van der Waals surface area contributed by atoms with Crippen LogP contribution in [-0.2, 0) is 11.2 Å². The minimum atomic E-state index is -0.737. The number of rotatable bonds is 5. The van der Waals surface area contributed by atoms with Gasteiger partial charge in [-0.05, 0) is 12.3 Å². The standard InChI is InChI=1S/C11H19N5O2/c1-4-6-7(12)9(16-15-6)11(18)14-8(5(2)3)10(13)17/h5,8H,4,12H2,1-3H3,(H2,13,17)(H,14,18)(H,15,16). The van der Waals surface area contributed by atoms with Gasteiger partial charge in [0.2, 0.25) is 5.91 Å². The van der Waals surface area contributed by atoms with Crippen molar-refractivity contribution in [2.75, 3.05) is 5.73 Å². The van der Waals surface area contributed by atoms with Gasteiger partial charge < -0.3 is 16.8 Å². The number of hydrogen-bond acceptors (Lipinski definition) is 4. The Hall–Kier alpha value is -2.05. The van der Waals surface area contributed by atoms with Crippen molar-refractivity contribution in [1.29, 1.82) is 0 Å². The first kappa shape index (κ1) is 14.0. The van der Waals surface area contributed by atoms with Gasteiger partial charge in [0.15, 0.2) is 5.69 Å². The molecule has 0 bridgehead atoms. The Morgan fingerprint density at radius 2 is 2.06 bits per heavy atom. The molecule has 1 atom stereocenters. The maximum Gasteiger partial charge on any atom is 0.274 e. The molecule has 0 spiro atoms. The molecule has 6 N–H and O–H groups in total. The number of nitrogens with two attached hydrogens (primary N) is 2. The zero-order valence-corrected chi connectivity index (χ0v) is 10.8. The smallest absolute Gasteiger partial charge is 0.274 e. The van der Waals surface area contributed by atoms with Gasteiger partial charge in [-0.1, -0.05) is 20.8 Å². The molecule has 0 saturated heterocycles. The molecule has 100 valence electrons. The molecule has 0 aliphatic heterocycles. The Kier molecular flexibility index (Phi) is 4.30. The summed E-state index contributed by atoms with van der Waals surface area (Å²) in [6.45, 7) is 5.48. The summed E-state index contributed by atoms with van der Waals surface area (Å²) in [5.74, 6) is -1.18. The number of aromatic amines is 1. The highest BCUT2D eigenvalue weighted by Crippen LogP contribution is 2.14. The van der Waals surface area contributed by atoms with Crippen LogP contribution in [0.4, 0.5) is 5.69 Å². The van der Waals surface area contributed by atoms with Gasteiger partial charge in [0.25, 0.3) is 5.91 Å². The zero-order chi connectivity index (χ0) is 13.9. The third-order valence-electron chi connectivity index (χ3n) is 2.71. The fraction of sp³-hybridized carbons (Fsp3) is 0.545. The van der Waals surface area contributed by atoms with E-state index in [1.54, 1.807) is 13.8 Å². The topological polar surface area (TPSA) is 127 Å². The van der Waals surface area contributed by atoms with E-state index in [2.05, 4.69) is 15.5 Å². The lowest BCUT2D eigenvalue weighted by Crippen LogP contribution is -2.47. The van der Waals surface area contributed by atoms with E-state index >= 15 is 0 Å². The highest BCUT2D eigenvalue weighted by molar-refractivity contribution is 6.00. The van der Waals surface area contributed by atoms with Crippen molar-refractivity contribution >= 4 is 17.5 Å². The number of nitrogen functional groups attached to an aromatic ring is 1. The number of carbonyl (C=O) groups is 2. The third-order valence-corrected chi connectivity index (χ3v) is 2.71. The molecule has 0 fully saturated rings. The number of aryl methyl sites for hydroxylation is 1. The van der Waals surface area contributed by atoms with Gasteiger partial charge in [0.05, 0.1) is 11.4 Å². The summed E-state index contributed by atoms with van der Waals surface area (Å²) in [6, 6.07) is -0.737. The Balaban J connectivity index is 2.87. The van der Waals surface area contributed by atoms with Crippen LogP contribution in [0.15, 0.2) is 0 Å². The number of carbonyl (C=O) groups excluding carboxylic acids is 2. The van der Waals surface area contributed by atoms with Crippen LogP contribution in [0.3, 0.4) is 0 Å². The molecule has 1 unspecified atom stereocenters. The maximum atomic E-state index is 11.9. The van der Waals surface area contributed by atoms with Crippen molar-refractivity contribution in [2.24, 2.45) is 11.7 Å². The fourth-order valence-corrected chi connectivity index (χ4v) is 1.61. The van der Waals surface area contributed by atoms with Gasteiger partial charge >= 0.3 is 0 Å². The monoisotopic (exact) mass is 253 g/mol. The van der Waals surface area contributed by atoms with Crippen LogP contribution in [0.2, 0.25) is 0 Å². The van der Waals surface area contributed by atoms with Crippen LogP contribution in [0.5, 0.6) is 0 Å². The number of nitrogens with one attached hydrogen (secondary N) is 2. The van der Waals surface area contributed by atoms with Gasteiger partial charge in [0, 0.05) is 0 Å². The van der Waals surface area contributed by atoms with E-state index in [-0.39, 0.29) is 11.6 Å². The summed E-state index contributed by atoms with van der Waals surface area (Å²) < 4.78 is 0. The molecule has 7 heteroatoms. The molecule has 1 aromatic rings. The lowest BCUT2D eigenvalue weighted by atomic mass is 10.0. The quantitative estimate of drug-likeness (QED) is 0.579. The van der Waals surface area contributed by atoms with E-state index in [0.29, 0.717) is 17.8 Å². The van der Waals surface area contributed by atoms with Gasteiger partial charge in [-0.3, -0.25) is 14.7 Å². The number of hydrogen-bond donors (Lipinski definition) is 4. The number of aromatic nitrogens is 2. The first-order valence-corrected chi connectivity index (χ1v) is 5.81. The summed E-state index contributed by atoms with van der Waals surface area (Å²) in [6.07, 6.45) is 0.648. The van der Waals surface area contributed by atoms with Crippen LogP contribution >= 0.6 is 0 Å². The highest BCUT2D eigenvalue weighted by Gasteiger charge is 2.25. The van der Waals surface area contributed by atoms with Gasteiger partial charge in [-0.2, -0.15) is 5.10 Å². The fourth-order valence-electron chi connectivity index (χ4n) is 1.61. The molecular weight excluding hydrogens is 234 g/mol.